The molecule has 24 heavy (non-hydrogen) atoms. The minimum Gasteiger partial charge on any atom is -0.353 e. The average Bonchev–Trinajstić information content (AvgIpc) is 3.01. The number of hydrogen-bond donors (Lipinski definition) is 1. The lowest BCUT2D eigenvalue weighted by Crippen LogP contribution is -2.48. The van der Waals surface area contributed by atoms with Crippen molar-refractivity contribution in [2.75, 3.05) is 31.6 Å². The second-order valence-electron chi connectivity index (χ2n) is 7.01. The maximum absolute atomic E-state index is 12.8. The second-order valence-corrected chi connectivity index (χ2v) is 7.01. The zero-order valence-corrected chi connectivity index (χ0v) is 14.8. The first-order chi connectivity index (χ1) is 11.7. The number of anilines is 1. The van der Waals surface area contributed by atoms with Crippen molar-refractivity contribution in [1.82, 2.24) is 20.2 Å². The van der Waals surface area contributed by atoms with Crippen molar-refractivity contribution < 1.29 is 4.79 Å². The van der Waals surface area contributed by atoms with E-state index in [1.807, 2.05) is 6.07 Å². The van der Waals surface area contributed by atoms with Gasteiger partial charge >= 0.3 is 0 Å². The summed E-state index contributed by atoms with van der Waals surface area (Å²) >= 11 is 0. The number of nitrogens with one attached hydrogen (secondary N) is 1. The van der Waals surface area contributed by atoms with Crippen LogP contribution in [0.15, 0.2) is 18.5 Å². The first-order valence-electron chi connectivity index (χ1n) is 9.22. The smallest absolute Gasteiger partial charge is 0.242 e. The van der Waals surface area contributed by atoms with Crippen LogP contribution < -0.4 is 10.2 Å². The number of carbonyl (C=O) groups excluding carboxylic acids is 1. The highest BCUT2D eigenvalue weighted by Gasteiger charge is 2.46. The van der Waals surface area contributed by atoms with Crippen molar-refractivity contribution in [3.05, 3.63) is 18.5 Å². The normalized spacial score (nSPS) is 26.5. The summed E-state index contributed by atoms with van der Waals surface area (Å²) in [7, 11) is 2.07. The van der Waals surface area contributed by atoms with Crippen LogP contribution in [0, 0.1) is 5.92 Å². The Morgan fingerprint density at radius 2 is 2.08 bits per heavy atom. The molecule has 1 aromatic rings. The van der Waals surface area contributed by atoms with Crippen LogP contribution in [0.1, 0.15) is 39.0 Å². The van der Waals surface area contributed by atoms with Crippen LogP contribution >= 0.6 is 0 Å². The van der Waals surface area contributed by atoms with E-state index in [4.69, 9.17) is 0 Å². The molecule has 2 heterocycles. The number of hydrogen-bond acceptors (Lipinski definition) is 5. The van der Waals surface area contributed by atoms with E-state index in [1.54, 1.807) is 12.4 Å². The Labute approximate surface area is 144 Å². The van der Waals surface area contributed by atoms with Gasteiger partial charge in [0, 0.05) is 31.5 Å². The van der Waals surface area contributed by atoms with E-state index in [0.717, 1.165) is 25.9 Å². The monoisotopic (exact) mass is 331 g/mol. The molecule has 1 aliphatic heterocycles. The van der Waals surface area contributed by atoms with Gasteiger partial charge in [-0.25, -0.2) is 9.97 Å². The van der Waals surface area contributed by atoms with E-state index in [2.05, 4.69) is 39.1 Å². The maximum Gasteiger partial charge on any atom is 0.242 e. The zero-order valence-electron chi connectivity index (χ0n) is 14.8. The average molecular weight is 331 g/mol. The molecule has 2 fully saturated rings. The van der Waals surface area contributed by atoms with Gasteiger partial charge in [-0.05, 0) is 44.8 Å². The highest BCUT2D eigenvalue weighted by atomic mass is 16.2. The van der Waals surface area contributed by atoms with Crippen LogP contribution in [-0.4, -0.2) is 59.5 Å². The number of aromatic nitrogens is 2. The van der Waals surface area contributed by atoms with Crippen molar-refractivity contribution in [3.8, 4) is 0 Å². The van der Waals surface area contributed by atoms with Gasteiger partial charge < -0.3 is 15.1 Å². The molecule has 6 nitrogen and oxygen atoms in total. The molecule has 0 unspecified atom stereocenters. The van der Waals surface area contributed by atoms with Gasteiger partial charge in [-0.15, -0.1) is 0 Å². The Hall–Kier alpha value is -1.69. The highest BCUT2D eigenvalue weighted by Crippen LogP contribution is 2.41. The molecule has 3 rings (SSSR count). The van der Waals surface area contributed by atoms with E-state index < -0.39 is 0 Å². The van der Waals surface area contributed by atoms with Crippen LogP contribution in [0.5, 0.6) is 0 Å². The summed E-state index contributed by atoms with van der Waals surface area (Å²) in [4.78, 5) is 26.1. The predicted octanol–water partition coefficient (Wildman–Crippen LogP) is 1.68. The van der Waals surface area contributed by atoms with E-state index >= 15 is 0 Å². The molecule has 132 valence electrons. The molecule has 0 spiro atoms. The quantitative estimate of drug-likeness (QED) is 0.859. The van der Waals surface area contributed by atoms with E-state index in [1.165, 1.54) is 19.3 Å². The fraction of sp³-hybridized carbons (Fsp3) is 0.722. The van der Waals surface area contributed by atoms with Gasteiger partial charge in [-0.1, -0.05) is 19.8 Å². The fourth-order valence-corrected chi connectivity index (χ4v) is 4.05. The summed E-state index contributed by atoms with van der Waals surface area (Å²) < 4.78 is 0. The first-order valence-corrected chi connectivity index (χ1v) is 9.22. The fourth-order valence-electron chi connectivity index (χ4n) is 4.05. The van der Waals surface area contributed by atoms with Crippen molar-refractivity contribution in [1.29, 1.82) is 0 Å². The van der Waals surface area contributed by atoms with Crippen molar-refractivity contribution >= 4 is 11.9 Å². The molecular formula is C18H29N5O. The van der Waals surface area contributed by atoms with E-state index in [9.17, 15) is 4.79 Å². The summed E-state index contributed by atoms with van der Waals surface area (Å²) in [5.41, 5.74) is 0. The molecule has 6 heteroatoms. The van der Waals surface area contributed by atoms with Crippen LogP contribution in [0.3, 0.4) is 0 Å². The van der Waals surface area contributed by atoms with E-state index in [0.29, 0.717) is 24.5 Å². The van der Waals surface area contributed by atoms with Gasteiger partial charge in [0.2, 0.25) is 11.9 Å². The summed E-state index contributed by atoms with van der Waals surface area (Å²) in [6.07, 6.45) is 9.34. The number of fused-ring (bicyclic) bond motifs is 1. The summed E-state index contributed by atoms with van der Waals surface area (Å²) in [6.45, 7) is 4.69. The summed E-state index contributed by atoms with van der Waals surface area (Å²) in [5, 5.41) is 3.12. The zero-order chi connectivity index (χ0) is 16.9. The van der Waals surface area contributed by atoms with Crippen molar-refractivity contribution in [2.24, 2.45) is 5.92 Å². The Balaban J connectivity index is 1.71. The van der Waals surface area contributed by atoms with Crippen molar-refractivity contribution in [2.45, 2.75) is 51.1 Å². The van der Waals surface area contributed by atoms with Gasteiger partial charge in [0.05, 0.1) is 0 Å². The number of rotatable bonds is 6. The highest BCUT2D eigenvalue weighted by molar-refractivity contribution is 5.85. The predicted molar refractivity (Wildman–Crippen MR) is 94.8 cm³/mol. The van der Waals surface area contributed by atoms with Crippen LogP contribution in [-0.2, 0) is 4.79 Å². The Kier molecular flexibility index (Phi) is 5.66. The van der Waals surface area contributed by atoms with Crippen molar-refractivity contribution in [3.63, 3.8) is 0 Å². The SMILES string of the molecule is CCN(C)CCNC(=O)[C@@H]1C[C@@H]2CCCC[C@@H]2N1c1ncccn1. The molecule has 2 aliphatic rings. The molecule has 1 saturated heterocycles. The molecule has 1 N–H and O–H groups in total. The van der Waals surface area contributed by atoms with Gasteiger partial charge in [0.15, 0.2) is 0 Å². The number of carbonyl (C=O) groups is 1. The lowest BCUT2D eigenvalue weighted by Gasteiger charge is -2.33. The number of likely N-dealkylation sites (N-methyl/N-ethyl adjacent to an activating group) is 1. The van der Waals surface area contributed by atoms with Crippen LogP contribution in [0.2, 0.25) is 0 Å². The molecule has 1 amide bonds. The Morgan fingerprint density at radius 1 is 1.33 bits per heavy atom. The standard InChI is InChI=1S/C18H29N5O/c1-3-22(2)12-11-19-17(24)16-13-14-7-4-5-8-15(14)23(16)18-20-9-6-10-21-18/h6,9-10,14-16H,3-5,7-8,11-13H2,1-2H3,(H,19,24)/t14-,15-,16-/m0/s1. The minimum atomic E-state index is -0.132. The van der Waals surface area contributed by atoms with Gasteiger partial charge in [-0.3, -0.25) is 4.79 Å². The third-order valence-electron chi connectivity index (χ3n) is 5.51. The Morgan fingerprint density at radius 3 is 2.83 bits per heavy atom. The summed E-state index contributed by atoms with van der Waals surface area (Å²) in [6, 6.07) is 2.11. The minimum absolute atomic E-state index is 0.126. The van der Waals surface area contributed by atoms with Gasteiger partial charge in [-0.2, -0.15) is 0 Å². The summed E-state index contributed by atoms with van der Waals surface area (Å²) in [5.74, 6) is 1.43. The molecule has 1 aliphatic carbocycles. The largest absolute Gasteiger partial charge is 0.353 e. The van der Waals surface area contributed by atoms with Gasteiger partial charge in [0.25, 0.3) is 0 Å². The second kappa shape index (κ2) is 7.92. The molecule has 1 saturated carbocycles. The lowest BCUT2D eigenvalue weighted by molar-refractivity contribution is -0.122. The molecule has 0 radical (unpaired) electrons. The molecule has 0 bridgehead atoms. The van der Waals surface area contributed by atoms with E-state index in [-0.39, 0.29) is 11.9 Å². The molecule has 1 aromatic heterocycles. The van der Waals surface area contributed by atoms with Crippen LogP contribution in [0.4, 0.5) is 5.95 Å². The Bertz CT molecular complexity index is 537. The van der Waals surface area contributed by atoms with Crippen LogP contribution in [0.25, 0.3) is 0 Å². The first kappa shape index (κ1) is 17.1. The maximum atomic E-state index is 12.8. The topological polar surface area (TPSA) is 61.4 Å². The number of amides is 1. The number of nitrogens with zero attached hydrogens (tertiary/aromatic N) is 4. The van der Waals surface area contributed by atoms with Gasteiger partial charge in [0.1, 0.15) is 6.04 Å². The molecular weight excluding hydrogens is 302 g/mol. The third-order valence-corrected chi connectivity index (χ3v) is 5.51. The lowest BCUT2D eigenvalue weighted by atomic mass is 9.85. The third kappa shape index (κ3) is 3.69. The molecule has 0 aromatic carbocycles. The molecule has 3 atom stereocenters.